The summed E-state index contributed by atoms with van der Waals surface area (Å²) in [6.07, 6.45) is 0. The lowest BCUT2D eigenvalue weighted by molar-refractivity contribution is 0.338. The van der Waals surface area contributed by atoms with Gasteiger partial charge in [-0.15, -0.1) is 23.2 Å². The highest BCUT2D eigenvalue weighted by Crippen LogP contribution is 2.44. The van der Waals surface area contributed by atoms with Crippen LogP contribution in [0.4, 0.5) is 0 Å². The molecule has 0 atom stereocenters. The van der Waals surface area contributed by atoms with Gasteiger partial charge in [0.15, 0.2) is 0 Å². The highest BCUT2D eigenvalue weighted by molar-refractivity contribution is 9.11. The Labute approximate surface area is 203 Å². The first-order valence-electron chi connectivity index (χ1n) is 8.09. The van der Waals surface area contributed by atoms with E-state index in [9.17, 15) is 0 Å². The molecule has 148 valence electrons. The van der Waals surface area contributed by atoms with E-state index in [2.05, 4.69) is 102 Å². The van der Waals surface area contributed by atoms with Crippen molar-refractivity contribution < 1.29 is 9.47 Å². The van der Waals surface area contributed by atoms with Gasteiger partial charge < -0.3 is 9.47 Å². The molecule has 0 fully saturated rings. The second kappa shape index (κ2) is 10.5. The Morgan fingerprint density at radius 3 is 1.26 bits per heavy atom. The van der Waals surface area contributed by atoms with Gasteiger partial charge in [-0.2, -0.15) is 0 Å². The number of alkyl halides is 2. The lowest BCUT2D eigenvalue weighted by atomic mass is 9.78. The fourth-order valence-electron chi connectivity index (χ4n) is 2.57. The maximum Gasteiger partial charge on any atom is 0.147 e. The molecule has 2 aromatic rings. The van der Waals surface area contributed by atoms with E-state index in [-0.39, 0.29) is 5.41 Å². The largest absolute Gasteiger partial charge is 0.490 e. The third-order valence-electron chi connectivity index (χ3n) is 4.09. The Balaban J connectivity index is 2.43. The van der Waals surface area contributed by atoms with Gasteiger partial charge in [-0.25, -0.2) is 0 Å². The molecule has 0 amide bonds. The van der Waals surface area contributed by atoms with Gasteiger partial charge in [0.25, 0.3) is 0 Å². The molecule has 0 heterocycles. The van der Waals surface area contributed by atoms with Gasteiger partial charge in [0.2, 0.25) is 0 Å². The van der Waals surface area contributed by atoms with Crippen molar-refractivity contribution in [2.45, 2.75) is 19.3 Å². The molecule has 0 saturated heterocycles. The minimum Gasteiger partial charge on any atom is -0.490 e. The predicted molar refractivity (Wildman–Crippen MR) is 128 cm³/mol. The van der Waals surface area contributed by atoms with Crippen molar-refractivity contribution in [2.75, 3.05) is 25.0 Å². The van der Waals surface area contributed by atoms with E-state index in [1.807, 2.05) is 0 Å². The van der Waals surface area contributed by atoms with Crippen molar-refractivity contribution in [3.05, 3.63) is 53.3 Å². The van der Waals surface area contributed by atoms with Gasteiger partial charge >= 0.3 is 0 Å². The normalized spacial score (nSPS) is 11.6. The lowest BCUT2D eigenvalue weighted by Crippen LogP contribution is -2.19. The molecule has 2 rings (SSSR count). The molecule has 0 N–H and O–H groups in total. The van der Waals surface area contributed by atoms with Crippen LogP contribution < -0.4 is 9.47 Å². The van der Waals surface area contributed by atoms with Crippen molar-refractivity contribution in [1.29, 1.82) is 0 Å². The van der Waals surface area contributed by atoms with Gasteiger partial charge in [-0.05, 0) is 99.1 Å². The van der Waals surface area contributed by atoms with Crippen LogP contribution in [-0.4, -0.2) is 25.0 Å². The third kappa shape index (κ3) is 5.79. The molecule has 0 bridgehead atoms. The predicted octanol–water partition coefficient (Wildman–Crippen LogP) is 8.30. The van der Waals surface area contributed by atoms with Gasteiger partial charge in [0.1, 0.15) is 24.7 Å². The number of hydrogen-bond donors (Lipinski definition) is 0. The molecule has 27 heavy (non-hydrogen) atoms. The molecule has 0 aliphatic heterocycles. The van der Waals surface area contributed by atoms with Crippen LogP contribution in [0.15, 0.2) is 42.2 Å². The molecular formula is C19H18Br4Cl2O2. The highest BCUT2D eigenvalue weighted by Gasteiger charge is 2.27. The molecule has 0 saturated carbocycles. The zero-order valence-corrected chi connectivity index (χ0v) is 22.6. The van der Waals surface area contributed by atoms with E-state index in [1.54, 1.807) is 0 Å². The molecule has 0 aromatic heterocycles. The third-order valence-corrected chi connectivity index (χ3v) is 6.75. The van der Waals surface area contributed by atoms with Crippen molar-refractivity contribution in [2.24, 2.45) is 0 Å². The quantitative estimate of drug-likeness (QED) is 0.264. The average molecular weight is 669 g/mol. The lowest BCUT2D eigenvalue weighted by Gasteiger charge is -2.28. The van der Waals surface area contributed by atoms with E-state index < -0.39 is 0 Å². The number of ether oxygens (including phenoxy) is 2. The summed E-state index contributed by atoms with van der Waals surface area (Å²) in [6.45, 7) is 5.25. The van der Waals surface area contributed by atoms with E-state index in [4.69, 9.17) is 32.7 Å². The SMILES string of the molecule is CC(C)(c1cc(Br)c(OCCCl)c(Br)c1)c1cc(Br)c(OCCCl)c(Br)c1. The molecule has 8 heteroatoms. The Morgan fingerprint density at radius 1 is 0.704 bits per heavy atom. The summed E-state index contributed by atoms with van der Waals surface area (Å²) in [5.41, 5.74) is 2.01. The number of halogens is 6. The van der Waals surface area contributed by atoms with Crippen LogP contribution in [0, 0.1) is 0 Å². The summed E-state index contributed by atoms with van der Waals surface area (Å²) in [4.78, 5) is 0. The van der Waals surface area contributed by atoms with Crippen LogP contribution in [0.25, 0.3) is 0 Å². The summed E-state index contributed by atoms with van der Waals surface area (Å²) >= 11 is 25.9. The zero-order chi connectivity index (χ0) is 20.2. The summed E-state index contributed by atoms with van der Waals surface area (Å²) in [5.74, 6) is 2.38. The minimum absolute atomic E-state index is 0.258. The second-order valence-electron chi connectivity index (χ2n) is 6.24. The van der Waals surface area contributed by atoms with Crippen LogP contribution >= 0.6 is 86.9 Å². The number of rotatable bonds is 8. The average Bonchev–Trinajstić information content (AvgIpc) is 2.60. The van der Waals surface area contributed by atoms with Crippen LogP contribution in [0.5, 0.6) is 11.5 Å². The molecule has 2 aromatic carbocycles. The van der Waals surface area contributed by atoms with Crippen molar-refractivity contribution >= 4 is 86.9 Å². The molecular weight excluding hydrogens is 651 g/mol. The Bertz CT molecular complexity index is 701. The van der Waals surface area contributed by atoms with E-state index in [0.29, 0.717) is 25.0 Å². The number of hydrogen-bond acceptors (Lipinski definition) is 2. The molecule has 0 unspecified atom stereocenters. The van der Waals surface area contributed by atoms with Gasteiger partial charge in [0.05, 0.1) is 29.7 Å². The Morgan fingerprint density at radius 2 is 1.00 bits per heavy atom. The van der Waals surface area contributed by atoms with Gasteiger partial charge in [-0.3, -0.25) is 0 Å². The monoisotopic (exact) mass is 664 g/mol. The van der Waals surface area contributed by atoms with Crippen LogP contribution in [0.1, 0.15) is 25.0 Å². The highest BCUT2D eigenvalue weighted by atomic mass is 79.9. The smallest absolute Gasteiger partial charge is 0.147 e. The summed E-state index contributed by atoms with van der Waals surface area (Å²) < 4.78 is 14.9. The zero-order valence-electron chi connectivity index (χ0n) is 14.7. The fraction of sp³-hybridized carbons (Fsp3) is 0.368. The first-order chi connectivity index (χ1) is 12.7. The fourth-order valence-corrected chi connectivity index (χ4v) is 5.55. The summed E-state index contributed by atoms with van der Waals surface area (Å²) in [5, 5.41) is 0. The van der Waals surface area contributed by atoms with Gasteiger partial charge in [0, 0.05) is 5.41 Å². The van der Waals surface area contributed by atoms with Crippen LogP contribution in [0.3, 0.4) is 0 Å². The van der Waals surface area contributed by atoms with Crippen molar-refractivity contribution in [3.8, 4) is 11.5 Å². The topological polar surface area (TPSA) is 18.5 Å². The Kier molecular flexibility index (Phi) is 9.29. The van der Waals surface area contributed by atoms with E-state index in [1.165, 1.54) is 0 Å². The number of benzene rings is 2. The van der Waals surface area contributed by atoms with E-state index >= 15 is 0 Å². The second-order valence-corrected chi connectivity index (χ2v) is 10.4. The molecule has 0 spiro atoms. The molecule has 2 nitrogen and oxygen atoms in total. The minimum atomic E-state index is -0.258. The first-order valence-corrected chi connectivity index (χ1v) is 12.3. The summed E-state index contributed by atoms with van der Waals surface area (Å²) in [6, 6.07) is 8.31. The Hall–Kier alpha value is 0.540. The van der Waals surface area contributed by atoms with Crippen molar-refractivity contribution in [3.63, 3.8) is 0 Å². The van der Waals surface area contributed by atoms with Crippen LogP contribution in [-0.2, 0) is 5.41 Å². The molecule has 0 aliphatic rings. The first kappa shape index (κ1) is 23.8. The summed E-state index contributed by atoms with van der Waals surface area (Å²) in [7, 11) is 0. The molecule has 0 radical (unpaired) electrons. The van der Waals surface area contributed by atoms with E-state index in [0.717, 1.165) is 40.5 Å². The van der Waals surface area contributed by atoms with Crippen LogP contribution in [0.2, 0.25) is 0 Å². The van der Waals surface area contributed by atoms with Gasteiger partial charge in [-0.1, -0.05) is 13.8 Å². The van der Waals surface area contributed by atoms with Crippen molar-refractivity contribution in [1.82, 2.24) is 0 Å². The maximum atomic E-state index is 5.73. The maximum absolute atomic E-state index is 5.73. The standard InChI is InChI=1S/C19H18Br4Cl2O2/c1-19(2,11-7-13(20)17(14(21)8-11)26-5-3-24)12-9-15(22)18(16(23)10-12)27-6-4-25/h7-10H,3-6H2,1-2H3. The molecule has 0 aliphatic carbocycles.